The van der Waals surface area contributed by atoms with Gasteiger partial charge in [-0.15, -0.1) is 0 Å². The Balaban J connectivity index is 1.96. The quantitative estimate of drug-likeness (QED) is 0.791. The molecule has 0 unspecified atom stereocenters. The largest absolute Gasteiger partial charge is 0.476 e. The fraction of sp³-hybridized carbons (Fsp3) is 0.571. The van der Waals surface area contributed by atoms with Gasteiger partial charge in [0.25, 0.3) is 0 Å². The highest BCUT2D eigenvalue weighted by atomic mass is 16.5. The van der Waals surface area contributed by atoms with Crippen molar-refractivity contribution in [2.45, 2.75) is 19.8 Å². The number of esters is 1. The molecule has 20 heavy (non-hydrogen) atoms. The summed E-state index contributed by atoms with van der Waals surface area (Å²) in [5.41, 5.74) is 6.36. The lowest BCUT2D eigenvalue weighted by atomic mass is 10.2. The number of aromatic nitrogens is 1. The molecule has 1 aliphatic rings. The smallest absolute Gasteiger partial charge is 0.343 e. The first kappa shape index (κ1) is 14.6. The number of carbonyl (C=O) groups excluding carboxylic acids is 1. The Kier molecular flexibility index (Phi) is 5.17. The molecular weight excluding hydrogens is 258 g/mol. The molecule has 1 saturated heterocycles. The van der Waals surface area contributed by atoms with E-state index in [0.717, 1.165) is 19.6 Å². The number of hydrogen-bond donors (Lipinski definition) is 1. The SMILES string of the molecule is CCOC(=O)c1cc(N)cnc1OCCN1CCCC1. The molecule has 0 aromatic carbocycles. The first-order valence-electron chi connectivity index (χ1n) is 6.98. The second-order valence-corrected chi connectivity index (χ2v) is 4.74. The van der Waals surface area contributed by atoms with Gasteiger partial charge in [0.15, 0.2) is 0 Å². The van der Waals surface area contributed by atoms with Gasteiger partial charge in [-0.3, -0.25) is 4.90 Å². The molecule has 1 aromatic heterocycles. The lowest BCUT2D eigenvalue weighted by molar-refractivity contribution is 0.0520. The van der Waals surface area contributed by atoms with Crippen LogP contribution in [0.5, 0.6) is 5.88 Å². The van der Waals surface area contributed by atoms with E-state index in [1.54, 1.807) is 6.92 Å². The molecule has 1 fully saturated rings. The number of nitrogens with two attached hydrogens (primary N) is 1. The minimum Gasteiger partial charge on any atom is -0.476 e. The van der Waals surface area contributed by atoms with Gasteiger partial charge in [0.2, 0.25) is 5.88 Å². The molecule has 0 spiro atoms. The number of nitrogen functional groups attached to an aromatic ring is 1. The Morgan fingerprint density at radius 1 is 1.45 bits per heavy atom. The van der Waals surface area contributed by atoms with E-state index < -0.39 is 5.97 Å². The van der Waals surface area contributed by atoms with Crippen molar-refractivity contribution in [2.24, 2.45) is 0 Å². The number of nitrogens with zero attached hydrogens (tertiary/aromatic N) is 2. The summed E-state index contributed by atoms with van der Waals surface area (Å²) >= 11 is 0. The molecule has 1 aromatic rings. The number of rotatable bonds is 6. The molecule has 0 aliphatic carbocycles. The van der Waals surface area contributed by atoms with E-state index in [-0.39, 0.29) is 11.4 Å². The van der Waals surface area contributed by atoms with Crippen LogP contribution in [0.3, 0.4) is 0 Å². The minimum atomic E-state index is -0.455. The van der Waals surface area contributed by atoms with Gasteiger partial charge in [0.05, 0.1) is 18.5 Å². The van der Waals surface area contributed by atoms with Gasteiger partial charge in [0, 0.05) is 6.54 Å². The molecule has 6 heteroatoms. The van der Waals surface area contributed by atoms with Crippen molar-refractivity contribution in [2.75, 3.05) is 38.6 Å². The highest BCUT2D eigenvalue weighted by Crippen LogP contribution is 2.19. The molecule has 1 aliphatic heterocycles. The van der Waals surface area contributed by atoms with Gasteiger partial charge in [-0.25, -0.2) is 9.78 Å². The third-order valence-corrected chi connectivity index (χ3v) is 3.21. The van der Waals surface area contributed by atoms with Crippen LogP contribution >= 0.6 is 0 Å². The summed E-state index contributed by atoms with van der Waals surface area (Å²) in [4.78, 5) is 18.2. The van der Waals surface area contributed by atoms with Crippen LogP contribution in [0, 0.1) is 0 Å². The minimum absolute atomic E-state index is 0.285. The van der Waals surface area contributed by atoms with E-state index in [9.17, 15) is 4.79 Å². The summed E-state index contributed by atoms with van der Waals surface area (Å²) < 4.78 is 10.6. The first-order valence-corrected chi connectivity index (χ1v) is 6.98. The van der Waals surface area contributed by atoms with Gasteiger partial charge in [-0.05, 0) is 38.9 Å². The highest BCUT2D eigenvalue weighted by Gasteiger charge is 2.17. The zero-order valence-electron chi connectivity index (χ0n) is 11.8. The summed E-state index contributed by atoms with van der Waals surface area (Å²) in [5, 5.41) is 0. The van der Waals surface area contributed by atoms with Crippen molar-refractivity contribution in [3.63, 3.8) is 0 Å². The van der Waals surface area contributed by atoms with Crippen LogP contribution < -0.4 is 10.5 Å². The zero-order chi connectivity index (χ0) is 14.4. The third kappa shape index (κ3) is 3.84. The second kappa shape index (κ2) is 7.09. The molecule has 0 radical (unpaired) electrons. The lowest BCUT2D eigenvalue weighted by Crippen LogP contribution is -2.25. The van der Waals surface area contributed by atoms with E-state index in [0.29, 0.717) is 18.9 Å². The van der Waals surface area contributed by atoms with Gasteiger partial charge in [0.1, 0.15) is 12.2 Å². The topological polar surface area (TPSA) is 77.7 Å². The first-order chi connectivity index (χ1) is 9.70. The zero-order valence-corrected chi connectivity index (χ0v) is 11.8. The van der Waals surface area contributed by atoms with Crippen LogP contribution in [-0.4, -0.2) is 48.7 Å². The number of ether oxygens (including phenoxy) is 2. The Morgan fingerprint density at radius 2 is 2.20 bits per heavy atom. The normalized spacial score (nSPS) is 15.2. The van der Waals surface area contributed by atoms with Gasteiger partial charge in [-0.1, -0.05) is 0 Å². The van der Waals surface area contributed by atoms with E-state index >= 15 is 0 Å². The lowest BCUT2D eigenvalue weighted by Gasteiger charge is -2.15. The van der Waals surface area contributed by atoms with Crippen molar-refractivity contribution in [3.8, 4) is 5.88 Å². The van der Waals surface area contributed by atoms with Crippen molar-refractivity contribution >= 4 is 11.7 Å². The average molecular weight is 279 g/mol. The Morgan fingerprint density at radius 3 is 2.90 bits per heavy atom. The summed E-state index contributed by atoms with van der Waals surface area (Å²) in [5.74, 6) is -0.166. The number of anilines is 1. The fourth-order valence-electron chi connectivity index (χ4n) is 2.22. The molecule has 2 N–H and O–H groups in total. The van der Waals surface area contributed by atoms with E-state index in [1.165, 1.54) is 25.1 Å². The summed E-state index contributed by atoms with van der Waals surface area (Å²) in [6.07, 6.45) is 3.97. The van der Waals surface area contributed by atoms with E-state index in [4.69, 9.17) is 15.2 Å². The van der Waals surface area contributed by atoms with Crippen molar-refractivity contribution < 1.29 is 14.3 Å². The number of carbonyl (C=O) groups is 1. The van der Waals surface area contributed by atoms with Crippen LogP contribution in [0.2, 0.25) is 0 Å². The van der Waals surface area contributed by atoms with Gasteiger partial charge in [-0.2, -0.15) is 0 Å². The van der Waals surface area contributed by atoms with E-state index in [1.807, 2.05) is 0 Å². The second-order valence-electron chi connectivity index (χ2n) is 4.74. The van der Waals surface area contributed by atoms with Crippen molar-refractivity contribution in [1.82, 2.24) is 9.88 Å². The van der Waals surface area contributed by atoms with E-state index in [2.05, 4.69) is 9.88 Å². The summed E-state index contributed by atoms with van der Waals surface area (Å²) in [7, 11) is 0. The Hall–Kier alpha value is -1.82. The Labute approximate surface area is 118 Å². The maximum Gasteiger partial charge on any atom is 0.343 e. The highest BCUT2D eigenvalue weighted by molar-refractivity contribution is 5.92. The number of hydrogen-bond acceptors (Lipinski definition) is 6. The Bertz CT molecular complexity index is 459. The van der Waals surface area contributed by atoms with Crippen molar-refractivity contribution in [3.05, 3.63) is 17.8 Å². The predicted molar refractivity (Wildman–Crippen MR) is 75.8 cm³/mol. The maximum atomic E-state index is 11.8. The van der Waals surface area contributed by atoms with Gasteiger partial charge >= 0.3 is 5.97 Å². The van der Waals surface area contributed by atoms with Gasteiger partial charge < -0.3 is 15.2 Å². The predicted octanol–water partition coefficient (Wildman–Crippen LogP) is 1.32. The van der Waals surface area contributed by atoms with Crippen LogP contribution in [0.1, 0.15) is 30.1 Å². The molecule has 6 nitrogen and oxygen atoms in total. The van der Waals surface area contributed by atoms with Crippen LogP contribution in [0.25, 0.3) is 0 Å². The van der Waals surface area contributed by atoms with Crippen molar-refractivity contribution in [1.29, 1.82) is 0 Å². The molecule has 0 amide bonds. The monoisotopic (exact) mass is 279 g/mol. The van der Waals surface area contributed by atoms with Crippen LogP contribution in [-0.2, 0) is 4.74 Å². The number of likely N-dealkylation sites (tertiary alicyclic amines) is 1. The molecular formula is C14H21N3O3. The average Bonchev–Trinajstić information content (AvgIpc) is 2.94. The van der Waals surface area contributed by atoms with Crippen LogP contribution in [0.15, 0.2) is 12.3 Å². The maximum absolute atomic E-state index is 11.8. The molecule has 0 atom stereocenters. The molecule has 0 bridgehead atoms. The van der Waals surface area contributed by atoms with Crippen LogP contribution in [0.4, 0.5) is 5.69 Å². The molecule has 2 rings (SSSR count). The summed E-state index contributed by atoms with van der Waals surface area (Å²) in [6.45, 7) is 5.64. The fourth-order valence-corrected chi connectivity index (χ4v) is 2.22. The standard InChI is InChI=1S/C14H21N3O3/c1-2-19-14(18)12-9-11(15)10-16-13(12)20-8-7-17-5-3-4-6-17/h9-10H,2-8,15H2,1H3. The number of pyridine rings is 1. The molecule has 0 saturated carbocycles. The molecule has 110 valence electrons. The third-order valence-electron chi connectivity index (χ3n) is 3.21. The summed E-state index contributed by atoms with van der Waals surface area (Å²) in [6, 6.07) is 1.54. The molecule has 2 heterocycles.